The van der Waals surface area contributed by atoms with Crippen molar-refractivity contribution in [2.75, 3.05) is 13.1 Å². The molecule has 0 radical (unpaired) electrons. The summed E-state index contributed by atoms with van der Waals surface area (Å²) in [6.45, 7) is 7.20. The predicted molar refractivity (Wildman–Crippen MR) is 90.2 cm³/mol. The number of carbonyl (C=O) groups excluding carboxylic acids is 1. The molecule has 0 aromatic carbocycles. The minimum absolute atomic E-state index is 0.0345. The lowest BCUT2D eigenvalue weighted by atomic mass is 10.2. The van der Waals surface area contributed by atoms with Crippen molar-refractivity contribution < 1.29 is 4.79 Å². The van der Waals surface area contributed by atoms with Gasteiger partial charge in [0.15, 0.2) is 0 Å². The van der Waals surface area contributed by atoms with Crippen LogP contribution in [0, 0.1) is 6.92 Å². The Hall–Kier alpha value is -1.66. The van der Waals surface area contributed by atoms with E-state index in [4.69, 9.17) is 0 Å². The van der Waals surface area contributed by atoms with Crippen molar-refractivity contribution in [3.8, 4) is 0 Å². The van der Waals surface area contributed by atoms with Crippen LogP contribution in [0.2, 0.25) is 0 Å². The summed E-state index contributed by atoms with van der Waals surface area (Å²) in [7, 11) is 0. The third-order valence-electron chi connectivity index (χ3n) is 3.73. The van der Waals surface area contributed by atoms with Crippen LogP contribution in [0.25, 0.3) is 0 Å². The Balaban J connectivity index is 1.66. The van der Waals surface area contributed by atoms with Gasteiger partial charge in [0.2, 0.25) is 5.91 Å². The normalized spacial score (nSPS) is 13.8. The highest BCUT2D eigenvalue weighted by Gasteiger charge is 2.15. The van der Waals surface area contributed by atoms with E-state index in [-0.39, 0.29) is 18.0 Å². The molecular formula is C16H24N4OS. The molecule has 0 bridgehead atoms. The van der Waals surface area contributed by atoms with E-state index in [0.29, 0.717) is 13.1 Å². The van der Waals surface area contributed by atoms with E-state index in [9.17, 15) is 4.79 Å². The fraction of sp³-hybridized carbons (Fsp3) is 0.500. The molecule has 0 spiro atoms. The highest BCUT2D eigenvalue weighted by molar-refractivity contribution is 7.09. The average Bonchev–Trinajstić information content (AvgIpc) is 3.15. The van der Waals surface area contributed by atoms with Gasteiger partial charge in [0.1, 0.15) is 0 Å². The van der Waals surface area contributed by atoms with Gasteiger partial charge < -0.3 is 10.6 Å². The van der Waals surface area contributed by atoms with E-state index >= 15 is 0 Å². The Morgan fingerprint density at radius 2 is 2.27 bits per heavy atom. The lowest BCUT2D eigenvalue weighted by Crippen LogP contribution is -2.41. The first-order valence-electron chi connectivity index (χ1n) is 7.59. The Labute approximate surface area is 135 Å². The maximum Gasteiger partial charge on any atom is 0.233 e. The van der Waals surface area contributed by atoms with E-state index in [1.165, 1.54) is 4.88 Å². The fourth-order valence-corrected chi connectivity index (χ4v) is 2.86. The van der Waals surface area contributed by atoms with E-state index in [1.807, 2.05) is 30.1 Å². The lowest BCUT2D eigenvalue weighted by Gasteiger charge is -2.21. The molecular weight excluding hydrogens is 296 g/mol. The molecule has 2 heterocycles. The summed E-state index contributed by atoms with van der Waals surface area (Å²) in [6, 6.07) is 4.49. The molecule has 2 aromatic heterocycles. The SMILES string of the molecule is Cc1cnn(C(C)C(C)NCC(=O)NCCc2cccs2)c1. The van der Waals surface area contributed by atoms with Gasteiger partial charge in [-0.25, -0.2) is 0 Å². The third kappa shape index (κ3) is 4.96. The summed E-state index contributed by atoms with van der Waals surface area (Å²) < 4.78 is 1.93. The van der Waals surface area contributed by atoms with Crippen molar-refractivity contribution in [3.05, 3.63) is 40.3 Å². The number of carbonyl (C=O) groups is 1. The number of thiophene rings is 1. The maximum atomic E-state index is 11.8. The summed E-state index contributed by atoms with van der Waals surface area (Å²) in [4.78, 5) is 13.1. The van der Waals surface area contributed by atoms with Crippen LogP contribution < -0.4 is 10.6 Å². The minimum atomic E-state index is 0.0345. The zero-order chi connectivity index (χ0) is 15.9. The van der Waals surface area contributed by atoms with Gasteiger partial charge in [-0.2, -0.15) is 5.10 Å². The number of rotatable bonds is 8. The van der Waals surface area contributed by atoms with Gasteiger partial charge in [-0.3, -0.25) is 9.48 Å². The molecule has 0 aliphatic rings. The summed E-state index contributed by atoms with van der Waals surface area (Å²) in [5, 5.41) is 12.6. The second-order valence-electron chi connectivity index (χ2n) is 5.59. The van der Waals surface area contributed by atoms with Gasteiger partial charge >= 0.3 is 0 Å². The van der Waals surface area contributed by atoms with Crippen LogP contribution in [0.4, 0.5) is 0 Å². The zero-order valence-corrected chi connectivity index (χ0v) is 14.2. The largest absolute Gasteiger partial charge is 0.355 e. The van der Waals surface area contributed by atoms with Crippen molar-refractivity contribution in [1.29, 1.82) is 0 Å². The number of hydrogen-bond donors (Lipinski definition) is 2. The molecule has 0 aliphatic heterocycles. The highest BCUT2D eigenvalue weighted by Crippen LogP contribution is 2.10. The van der Waals surface area contributed by atoms with Crippen molar-refractivity contribution in [2.45, 2.75) is 39.3 Å². The summed E-state index contributed by atoms with van der Waals surface area (Å²) in [5.41, 5.74) is 1.14. The second kappa shape index (κ2) is 8.10. The summed E-state index contributed by atoms with van der Waals surface area (Å²) in [5.74, 6) is 0.0345. The Morgan fingerprint density at radius 1 is 1.45 bits per heavy atom. The molecule has 2 rings (SSSR count). The van der Waals surface area contributed by atoms with Crippen LogP contribution in [-0.4, -0.2) is 34.8 Å². The molecule has 2 N–H and O–H groups in total. The van der Waals surface area contributed by atoms with Crippen molar-refractivity contribution >= 4 is 17.2 Å². The van der Waals surface area contributed by atoms with Crippen LogP contribution in [0.3, 0.4) is 0 Å². The van der Waals surface area contributed by atoms with Gasteiger partial charge in [0, 0.05) is 23.7 Å². The van der Waals surface area contributed by atoms with E-state index in [0.717, 1.165) is 12.0 Å². The number of nitrogens with one attached hydrogen (secondary N) is 2. The Kier molecular flexibility index (Phi) is 6.15. The first-order valence-corrected chi connectivity index (χ1v) is 8.47. The van der Waals surface area contributed by atoms with Crippen molar-refractivity contribution in [3.63, 3.8) is 0 Å². The standard InChI is InChI=1S/C16H24N4OS/c1-12-9-19-20(11-12)14(3)13(2)18-10-16(21)17-7-6-15-5-4-8-22-15/h4-5,8-9,11,13-14,18H,6-7,10H2,1-3H3,(H,17,21). The van der Waals surface area contributed by atoms with Gasteiger partial charge in [-0.15, -0.1) is 11.3 Å². The molecule has 2 atom stereocenters. The second-order valence-corrected chi connectivity index (χ2v) is 6.62. The van der Waals surface area contributed by atoms with Gasteiger partial charge in [-0.1, -0.05) is 6.07 Å². The molecule has 0 aliphatic carbocycles. The molecule has 120 valence electrons. The zero-order valence-electron chi connectivity index (χ0n) is 13.4. The number of amides is 1. The Morgan fingerprint density at radius 3 is 2.91 bits per heavy atom. The van der Waals surface area contributed by atoms with Crippen LogP contribution in [-0.2, 0) is 11.2 Å². The molecule has 0 saturated heterocycles. The fourth-order valence-electron chi connectivity index (χ4n) is 2.15. The molecule has 6 heteroatoms. The molecule has 22 heavy (non-hydrogen) atoms. The van der Waals surface area contributed by atoms with Gasteiger partial charge in [-0.05, 0) is 44.2 Å². The summed E-state index contributed by atoms with van der Waals surface area (Å²) in [6.07, 6.45) is 4.76. The monoisotopic (exact) mass is 320 g/mol. The van der Waals surface area contributed by atoms with Gasteiger partial charge in [0.25, 0.3) is 0 Å². The molecule has 5 nitrogen and oxygen atoms in total. The first kappa shape index (κ1) is 16.7. The first-order chi connectivity index (χ1) is 10.6. The molecule has 2 unspecified atom stereocenters. The number of nitrogens with zero attached hydrogens (tertiary/aromatic N) is 2. The number of aryl methyl sites for hydroxylation is 1. The summed E-state index contributed by atoms with van der Waals surface area (Å²) >= 11 is 1.72. The van der Waals surface area contributed by atoms with Crippen LogP contribution >= 0.6 is 11.3 Å². The minimum Gasteiger partial charge on any atom is -0.355 e. The van der Waals surface area contributed by atoms with Gasteiger partial charge in [0.05, 0.1) is 18.8 Å². The molecule has 0 fully saturated rings. The van der Waals surface area contributed by atoms with E-state index in [1.54, 1.807) is 11.3 Å². The maximum absolute atomic E-state index is 11.8. The van der Waals surface area contributed by atoms with Crippen molar-refractivity contribution in [1.82, 2.24) is 20.4 Å². The number of hydrogen-bond acceptors (Lipinski definition) is 4. The topological polar surface area (TPSA) is 59.0 Å². The molecule has 2 aromatic rings. The van der Waals surface area contributed by atoms with Crippen LogP contribution in [0.1, 0.15) is 30.3 Å². The molecule has 1 amide bonds. The smallest absolute Gasteiger partial charge is 0.233 e. The Bertz CT molecular complexity index is 579. The van der Waals surface area contributed by atoms with Crippen molar-refractivity contribution in [2.24, 2.45) is 0 Å². The molecule has 0 saturated carbocycles. The van der Waals surface area contributed by atoms with E-state index in [2.05, 4.69) is 41.0 Å². The third-order valence-corrected chi connectivity index (χ3v) is 4.67. The van der Waals surface area contributed by atoms with Crippen LogP contribution in [0.5, 0.6) is 0 Å². The highest BCUT2D eigenvalue weighted by atomic mass is 32.1. The predicted octanol–water partition coefficient (Wildman–Crippen LogP) is 2.15. The number of aromatic nitrogens is 2. The van der Waals surface area contributed by atoms with E-state index < -0.39 is 0 Å². The quantitative estimate of drug-likeness (QED) is 0.783. The van der Waals surface area contributed by atoms with Crippen LogP contribution in [0.15, 0.2) is 29.9 Å². The lowest BCUT2D eigenvalue weighted by molar-refractivity contribution is -0.120. The average molecular weight is 320 g/mol.